The summed E-state index contributed by atoms with van der Waals surface area (Å²) >= 11 is 6.26. The van der Waals surface area contributed by atoms with E-state index < -0.39 is 0 Å². The summed E-state index contributed by atoms with van der Waals surface area (Å²) in [5.41, 5.74) is 1.10. The van der Waals surface area contributed by atoms with Crippen LogP contribution in [0.15, 0.2) is 17.7 Å². The molecule has 0 unspecified atom stereocenters. The zero-order chi connectivity index (χ0) is 14.4. The third kappa shape index (κ3) is 3.12. The van der Waals surface area contributed by atoms with Gasteiger partial charge in [0.25, 0.3) is 0 Å². The quantitative estimate of drug-likeness (QED) is 0.774. The van der Waals surface area contributed by atoms with Gasteiger partial charge < -0.3 is 14.2 Å². The second kappa shape index (κ2) is 6.91. The summed E-state index contributed by atoms with van der Waals surface area (Å²) in [6.07, 6.45) is 0.548. The summed E-state index contributed by atoms with van der Waals surface area (Å²) in [4.78, 5) is 0. The molecule has 0 radical (unpaired) electrons. The normalized spacial score (nSPS) is 11.4. The predicted octanol–water partition coefficient (Wildman–Crippen LogP) is 3.60. The number of hydrogen-bond donors (Lipinski definition) is 0. The number of nitrogens with zero attached hydrogens (tertiary/aromatic N) is 1. The summed E-state index contributed by atoms with van der Waals surface area (Å²) in [6, 6.07) is 5.47. The molecule has 1 rings (SSSR count). The fraction of sp³-hybridized carbons (Fsp3) is 0.357. The molecule has 0 fully saturated rings. The fourth-order valence-electron chi connectivity index (χ4n) is 1.65. The Morgan fingerprint density at radius 1 is 1.11 bits per heavy atom. The first kappa shape index (κ1) is 15.2. The first-order chi connectivity index (χ1) is 9.12. The van der Waals surface area contributed by atoms with Crippen molar-refractivity contribution in [3.05, 3.63) is 23.3 Å². The van der Waals surface area contributed by atoms with Gasteiger partial charge in [-0.2, -0.15) is 5.26 Å². The van der Waals surface area contributed by atoms with Crippen molar-refractivity contribution in [2.45, 2.75) is 13.3 Å². The van der Waals surface area contributed by atoms with Crippen molar-refractivity contribution in [1.29, 1.82) is 5.26 Å². The smallest absolute Gasteiger partial charge is 0.164 e. The highest BCUT2D eigenvalue weighted by molar-refractivity contribution is 6.49. The summed E-state index contributed by atoms with van der Waals surface area (Å²) < 4.78 is 15.7. The van der Waals surface area contributed by atoms with E-state index in [4.69, 9.17) is 31.1 Å². The highest BCUT2D eigenvalue weighted by Gasteiger charge is 2.16. The molecule has 0 saturated heterocycles. The largest absolute Gasteiger partial charge is 0.496 e. The van der Waals surface area contributed by atoms with E-state index in [0.29, 0.717) is 39.8 Å². The van der Waals surface area contributed by atoms with Gasteiger partial charge in [0.15, 0.2) is 11.5 Å². The van der Waals surface area contributed by atoms with Gasteiger partial charge in [-0.3, -0.25) is 0 Å². The molecule has 0 saturated carbocycles. The Kier molecular flexibility index (Phi) is 5.53. The molecule has 0 aliphatic carbocycles. The minimum absolute atomic E-state index is 0.364. The maximum absolute atomic E-state index is 9.06. The summed E-state index contributed by atoms with van der Waals surface area (Å²) in [5.74, 6) is 1.61. The summed E-state index contributed by atoms with van der Waals surface area (Å²) in [5, 5.41) is 9.42. The zero-order valence-electron chi connectivity index (χ0n) is 11.4. The molecule has 1 aromatic carbocycles. The lowest BCUT2D eigenvalue weighted by atomic mass is 10.1. The Bertz CT molecular complexity index is 532. The van der Waals surface area contributed by atoms with E-state index >= 15 is 0 Å². The lowest BCUT2D eigenvalue weighted by Crippen LogP contribution is -1.96. The highest BCUT2D eigenvalue weighted by atomic mass is 35.5. The Morgan fingerprint density at radius 2 is 1.63 bits per heavy atom. The molecule has 19 heavy (non-hydrogen) atoms. The molecule has 0 spiro atoms. The number of nitriles is 1. The lowest BCUT2D eigenvalue weighted by Gasteiger charge is -2.14. The van der Waals surface area contributed by atoms with Gasteiger partial charge in [0.1, 0.15) is 5.75 Å². The van der Waals surface area contributed by atoms with Crippen LogP contribution in [0.1, 0.15) is 18.9 Å². The second-order valence-electron chi connectivity index (χ2n) is 3.67. The fourth-order valence-corrected chi connectivity index (χ4v) is 1.97. The molecule has 0 atom stereocenters. The Morgan fingerprint density at radius 3 is 2.05 bits per heavy atom. The summed E-state index contributed by atoms with van der Waals surface area (Å²) in [7, 11) is 4.62. The number of hydrogen-bond acceptors (Lipinski definition) is 4. The molecule has 0 N–H and O–H groups in total. The van der Waals surface area contributed by atoms with Gasteiger partial charge in [0, 0.05) is 17.2 Å². The monoisotopic (exact) mass is 281 g/mol. The number of ether oxygens (including phenoxy) is 3. The number of methoxy groups -OCH3 is 3. The van der Waals surface area contributed by atoms with Gasteiger partial charge >= 0.3 is 0 Å². The van der Waals surface area contributed by atoms with Crippen molar-refractivity contribution >= 4 is 16.6 Å². The van der Waals surface area contributed by atoms with Crippen LogP contribution in [0.4, 0.5) is 0 Å². The molecule has 4 nitrogen and oxygen atoms in total. The van der Waals surface area contributed by atoms with Gasteiger partial charge in [-0.25, -0.2) is 0 Å². The van der Waals surface area contributed by atoms with Gasteiger partial charge in [0.2, 0.25) is 0 Å². The van der Waals surface area contributed by atoms with Crippen molar-refractivity contribution in [3.63, 3.8) is 0 Å². The highest BCUT2D eigenvalue weighted by Crippen LogP contribution is 2.40. The number of halogens is 1. The van der Waals surface area contributed by atoms with Gasteiger partial charge in [-0.15, -0.1) is 0 Å². The van der Waals surface area contributed by atoms with E-state index in [1.165, 1.54) is 14.2 Å². The van der Waals surface area contributed by atoms with E-state index in [9.17, 15) is 0 Å². The zero-order valence-corrected chi connectivity index (χ0v) is 12.2. The second-order valence-corrected chi connectivity index (χ2v) is 4.04. The van der Waals surface area contributed by atoms with Gasteiger partial charge in [-0.1, -0.05) is 18.5 Å². The van der Waals surface area contributed by atoms with Crippen LogP contribution < -0.4 is 14.2 Å². The number of allylic oxidation sites excluding steroid dienone is 1. The molecule has 0 heterocycles. The molecule has 0 aromatic heterocycles. The van der Waals surface area contributed by atoms with E-state index in [1.54, 1.807) is 19.2 Å². The first-order valence-electron chi connectivity index (χ1n) is 5.72. The van der Waals surface area contributed by atoms with Crippen LogP contribution in [-0.4, -0.2) is 21.3 Å². The van der Waals surface area contributed by atoms with Crippen LogP contribution in [0.5, 0.6) is 17.2 Å². The van der Waals surface area contributed by atoms with Crippen molar-refractivity contribution in [1.82, 2.24) is 0 Å². The Labute approximate surface area is 118 Å². The van der Waals surface area contributed by atoms with Crippen LogP contribution in [0.2, 0.25) is 0 Å². The van der Waals surface area contributed by atoms with Crippen LogP contribution >= 0.6 is 11.6 Å². The minimum Gasteiger partial charge on any atom is -0.496 e. The van der Waals surface area contributed by atoms with Crippen LogP contribution in [-0.2, 0) is 0 Å². The van der Waals surface area contributed by atoms with Crippen molar-refractivity contribution in [2.75, 3.05) is 21.3 Å². The molecule has 0 bridgehead atoms. The minimum atomic E-state index is 0.364. The molecule has 0 aliphatic heterocycles. The average Bonchev–Trinajstić information content (AvgIpc) is 2.46. The van der Waals surface area contributed by atoms with Crippen LogP contribution in [0.25, 0.3) is 5.03 Å². The van der Waals surface area contributed by atoms with E-state index in [1.807, 2.05) is 6.92 Å². The lowest BCUT2D eigenvalue weighted by molar-refractivity contribution is 0.348. The van der Waals surface area contributed by atoms with Gasteiger partial charge in [-0.05, 0) is 12.5 Å². The van der Waals surface area contributed by atoms with E-state index in [0.717, 1.165) is 0 Å². The van der Waals surface area contributed by atoms with Crippen molar-refractivity contribution in [3.8, 4) is 23.3 Å². The average molecular weight is 282 g/mol. The molecule has 5 heteroatoms. The van der Waals surface area contributed by atoms with Crippen LogP contribution in [0.3, 0.4) is 0 Å². The molecular weight excluding hydrogens is 266 g/mol. The molecule has 1 aromatic rings. The van der Waals surface area contributed by atoms with Gasteiger partial charge in [0.05, 0.1) is 32.4 Å². The maximum Gasteiger partial charge on any atom is 0.164 e. The molecule has 0 aliphatic rings. The standard InChI is InChI=1S/C14H16ClNO3/c1-5-9(8-16)14(15)10-6-12(18-3)13(19-4)7-11(10)17-2/h6-7H,5H2,1-4H3. The number of rotatable bonds is 5. The SMILES string of the molecule is CCC(C#N)=C(Cl)c1cc(OC)c(OC)cc1OC. The predicted molar refractivity (Wildman–Crippen MR) is 74.8 cm³/mol. The maximum atomic E-state index is 9.06. The molecule has 0 amide bonds. The third-order valence-electron chi connectivity index (χ3n) is 2.70. The summed E-state index contributed by atoms with van der Waals surface area (Å²) in [6.45, 7) is 1.87. The Hall–Kier alpha value is -1.86. The first-order valence-corrected chi connectivity index (χ1v) is 6.09. The van der Waals surface area contributed by atoms with Crippen LogP contribution in [0, 0.1) is 11.3 Å². The topological polar surface area (TPSA) is 51.5 Å². The molecular formula is C14H16ClNO3. The van der Waals surface area contributed by atoms with E-state index in [2.05, 4.69) is 6.07 Å². The third-order valence-corrected chi connectivity index (χ3v) is 3.13. The Balaban J connectivity index is 3.51. The van der Waals surface area contributed by atoms with Crippen molar-refractivity contribution in [2.24, 2.45) is 0 Å². The van der Waals surface area contributed by atoms with Crippen molar-refractivity contribution < 1.29 is 14.2 Å². The molecule has 102 valence electrons. The number of benzene rings is 1. The van der Waals surface area contributed by atoms with E-state index in [-0.39, 0.29) is 0 Å².